The summed E-state index contributed by atoms with van der Waals surface area (Å²) in [7, 11) is 2.18. The Morgan fingerprint density at radius 1 is 1.04 bits per heavy atom. The minimum atomic E-state index is 0.144. The Kier molecular flexibility index (Phi) is 4.12. The Morgan fingerprint density at radius 3 is 2.68 bits per heavy atom. The lowest BCUT2D eigenvalue weighted by atomic mass is 9.79. The zero-order valence-electron chi connectivity index (χ0n) is 16.1. The molecule has 7 nitrogen and oxygen atoms in total. The Balaban J connectivity index is 1.34. The molecule has 0 bridgehead atoms. The van der Waals surface area contributed by atoms with Crippen LogP contribution in [-0.2, 0) is 0 Å². The van der Waals surface area contributed by atoms with Gasteiger partial charge in [0.15, 0.2) is 0 Å². The van der Waals surface area contributed by atoms with Gasteiger partial charge in [-0.05, 0) is 50.6 Å². The first-order valence-electron chi connectivity index (χ1n) is 9.86. The van der Waals surface area contributed by atoms with Gasteiger partial charge in [0.25, 0.3) is 11.7 Å². The molecule has 0 unspecified atom stereocenters. The summed E-state index contributed by atoms with van der Waals surface area (Å²) in [6.45, 7) is 3.98. The molecule has 1 atom stereocenters. The van der Waals surface area contributed by atoms with Crippen molar-refractivity contribution in [3.8, 4) is 11.1 Å². The van der Waals surface area contributed by atoms with Crippen LogP contribution in [0.25, 0.3) is 16.9 Å². The summed E-state index contributed by atoms with van der Waals surface area (Å²) < 4.78 is 1.65. The van der Waals surface area contributed by atoms with Gasteiger partial charge < -0.3 is 9.80 Å². The first kappa shape index (κ1) is 17.3. The van der Waals surface area contributed by atoms with Crippen LogP contribution in [0, 0.1) is 5.41 Å². The predicted molar refractivity (Wildman–Crippen MR) is 106 cm³/mol. The van der Waals surface area contributed by atoms with E-state index >= 15 is 0 Å². The van der Waals surface area contributed by atoms with Crippen LogP contribution < -0.4 is 0 Å². The van der Waals surface area contributed by atoms with Crippen LogP contribution in [0.5, 0.6) is 0 Å². The second-order valence-electron chi connectivity index (χ2n) is 8.24. The molecule has 2 fully saturated rings. The Labute approximate surface area is 164 Å². The molecule has 4 heterocycles. The highest BCUT2D eigenvalue weighted by molar-refractivity contribution is 5.94. The summed E-state index contributed by atoms with van der Waals surface area (Å²) in [4.78, 5) is 25.9. The molecule has 0 saturated carbocycles. The molecule has 5 rings (SSSR count). The number of fused-ring (bicyclic) bond motifs is 1. The lowest BCUT2D eigenvalue weighted by molar-refractivity contribution is 0.0534. The minimum Gasteiger partial charge on any atom is -0.338 e. The van der Waals surface area contributed by atoms with E-state index < -0.39 is 0 Å². The van der Waals surface area contributed by atoms with Gasteiger partial charge in [-0.1, -0.05) is 12.1 Å². The number of piperidine rings is 1. The third kappa shape index (κ3) is 3.05. The lowest BCUT2D eigenvalue weighted by Crippen LogP contribution is -2.47. The van der Waals surface area contributed by atoms with E-state index in [9.17, 15) is 4.79 Å². The van der Waals surface area contributed by atoms with Gasteiger partial charge in [0, 0.05) is 48.6 Å². The van der Waals surface area contributed by atoms with Gasteiger partial charge >= 0.3 is 0 Å². The summed E-state index contributed by atoms with van der Waals surface area (Å²) in [6.07, 6.45) is 8.70. The van der Waals surface area contributed by atoms with Gasteiger partial charge in [-0.15, -0.1) is 0 Å². The zero-order valence-corrected chi connectivity index (χ0v) is 16.1. The van der Waals surface area contributed by atoms with Crippen LogP contribution in [0.1, 0.15) is 29.6 Å². The number of hydrogen-bond donors (Lipinski definition) is 0. The summed E-state index contributed by atoms with van der Waals surface area (Å²) in [5.41, 5.74) is 3.00. The molecule has 7 heteroatoms. The average Bonchev–Trinajstić information content (AvgIpc) is 3.33. The van der Waals surface area contributed by atoms with E-state index in [1.807, 2.05) is 30.5 Å². The summed E-state index contributed by atoms with van der Waals surface area (Å²) in [6, 6.07) is 7.81. The van der Waals surface area contributed by atoms with E-state index in [0.717, 1.165) is 49.3 Å². The number of rotatable bonds is 2. The SMILES string of the molecule is CN1CC[C@]2(CCCN(C(=O)c3ccc(-c4cnc5ncnn5c4)cc3)C2)C1. The maximum atomic E-state index is 13.1. The first-order valence-corrected chi connectivity index (χ1v) is 9.86. The van der Waals surface area contributed by atoms with Crippen molar-refractivity contribution in [1.29, 1.82) is 0 Å². The fourth-order valence-corrected chi connectivity index (χ4v) is 4.73. The smallest absolute Gasteiger partial charge is 0.253 e. The standard InChI is InChI=1S/C21H24N6O/c1-25-10-8-21(13-25)7-2-9-26(14-21)19(28)17-5-3-16(4-6-17)18-11-22-20-23-15-24-27(20)12-18/h3-6,11-12,15H,2,7-10,13-14H2,1H3/t21-/m1/s1. The molecule has 0 N–H and O–H groups in total. The lowest BCUT2D eigenvalue weighted by Gasteiger charge is -2.40. The molecule has 1 amide bonds. The van der Waals surface area contributed by atoms with E-state index in [1.165, 1.54) is 19.2 Å². The van der Waals surface area contributed by atoms with Gasteiger partial charge in [0.1, 0.15) is 6.33 Å². The quantitative estimate of drug-likeness (QED) is 0.687. The molecule has 0 radical (unpaired) electrons. The normalized spacial score (nSPS) is 23.0. The number of benzene rings is 1. The van der Waals surface area contributed by atoms with Gasteiger partial charge in [-0.3, -0.25) is 4.79 Å². The third-order valence-corrected chi connectivity index (χ3v) is 6.18. The fourth-order valence-electron chi connectivity index (χ4n) is 4.73. The highest BCUT2D eigenvalue weighted by Gasteiger charge is 2.41. The van der Waals surface area contributed by atoms with E-state index in [4.69, 9.17) is 0 Å². The summed E-state index contributed by atoms with van der Waals surface area (Å²) in [5.74, 6) is 0.720. The molecule has 1 spiro atoms. The minimum absolute atomic E-state index is 0.144. The van der Waals surface area contributed by atoms with Crippen LogP contribution in [0.2, 0.25) is 0 Å². The first-order chi connectivity index (χ1) is 13.6. The van der Waals surface area contributed by atoms with E-state index in [1.54, 1.807) is 10.7 Å². The van der Waals surface area contributed by atoms with Crippen molar-refractivity contribution >= 4 is 11.7 Å². The van der Waals surface area contributed by atoms with Crippen molar-refractivity contribution in [3.05, 3.63) is 48.5 Å². The number of hydrogen-bond acceptors (Lipinski definition) is 5. The molecular formula is C21H24N6O. The highest BCUT2D eigenvalue weighted by Crippen LogP contribution is 2.38. The van der Waals surface area contributed by atoms with Gasteiger partial charge in [-0.2, -0.15) is 10.1 Å². The van der Waals surface area contributed by atoms with Crippen LogP contribution in [0.3, 0.4) is 0 Å². The summed E-state index contributed by atoms with van der Waals surface area (Å²) in [5, 5.41) is 4.13. The number of amides is 1. The maximum Gasteiger partial charge on any atom is 0.253 e. The van der Waals surface area contributed by atoms with Crippen molar-refractivity contribution in [3.63, 3.8) is 0 Å². The Morgan fingerprint density at radius 2 is 1.89 bits per heavy atom. The van der Waals surface area contributed by atoms with Gasteiger partial charge in [0.05, 0.1) is 0 Å². The number of likely N-dealkylation sites (tertiary alicyclic amines) is 2. The molecule has 2 saturated heterocycles. The molecule has 0 aliphatic carbocycles. The Hall–Kier alpha value is -2.80. The second kappa shape index (κ2) is 6.67. The number of nitrogens with zero attached hydrogens (tertiary/aromatic N) is 6. The molecule has 2 aliphatic heterocycles. The van der Waals surface area contributed by atoms with Crippen molar-refractivity contribution in [2.45, 2.75) is 19.3 Å². The van der Waals surface area contributed by atoms with Gasteiger partial charge in [0.2, 0.25) is 0 Å². The molecular weight excluding hydrogens is 352 g/mol. The fraction of sp³-hybridized carbons (Fsp3) is 0.429. The average molecular weight is 376 g/mol. The highest BCUT2D eigenvalue weighted by atomic mass is 16.2. The van der Waals surface area contributed by atoms with Gasteiger partial charge in [-0.25, -0.2) is 9.50 Å². The maximum absolute atomic E-state index is 13.1. The van der Waals surface area contributed by atoms with Crippen LogP contribution in [0.4, 0.5) is 0 Å². The number of aromatic nitrogens is 4. The van der Waals surface area contributed by atoms with Crippen molar-refractivity contribution < 1.29 is 4.79 Å². The van der Waals surface area contributed by atoms with Crippen LogP contribution in [0.15, 0.2) is 43.0 Å². The van der Waals surface area contributed by atoms with Crippen LogP contribution >= 0.6 is 0 Å². The molecule has 2 aliphatic rings. The second-order valence-corrected chi connectivity index (χ2v) is 8.24. The van der Waals surface area contributed by atoms with Crippen LogP contribution in [-0.4, -0.2) is 68.5 Å². The topological polar surface area (TPSA) is 66.6 Å². The monoisotopic (exact) mass is 376 g/mol. The molecule has 2 aromatic heterocycles. The van der Waals surface area contributed by atoms with E-state index in [0.29, 0.717) is 11.2 Å². The molecule has 144 valence electrons. The van der Waals surface area contributed by atoms with Crippen molar-refractivity contribution in [2.75, 3.05) is 33.2 Å². The predicted octanol–water partition coefficient (Wildman–Crippen LogP) is 2.35. The number of carbonyl (C=O) groups is 1. The third-order valence-electron chi connectivity index (χ3n) is 6.18. The Bertz CT molecular complexity index is 1010. The van der Waals surface area contributed by atoms with Crippen molar-refractivity contribution in [2.24, 2.45) is 5.41 Å². The zero-order chi connectivity index (χ0) is 19.1. The largest absolute Gasteiger partial charge is 0.338 e. The summed E-state index contributed by atoms with van der Waals surface area (Å²) >= 11 is 0. The molecule has 1 aromatic carbocycles. The molecule has 3 aromatic rings. The van der Waals surface area contributed by atoms with E-state index in [2.05, 4.69) is 31.9 Å². The van der Waals surface area contributed by atoms with E-state index in [-0.39, 0.29) is 5.91 Å². The van der Waals surface area contributed by atoms with Crippen molar-refractivity contribution in [1.82, 2.24) is 29.4 Å². The molecule has 28 heavy (non-hydrogen) atoms. The number of carbonyl (C=O) groups excluding carboxylic acids is 1.